The summed E-state index contributed by atoms with van der Waals surface area (Å²) in [5.74, 6) is 1.65. The van der Waals surface area contributed by atoms with Crippen molar-refractivity contribution < 1.29 is 9.53 Å². The molecule has 1 heterocycles. The molecule has 6 heteroatoms. The Hall–Kier alpha value is -3.41. The van der Waals surface area contributed by atoms with E-state index in [1.807, 2.05) is 48.5 Å². The van der Waals surface area contributed by atoms with Crippen LogP contribution in [0.15, 0.2) is 60.7 Å². The fourth-order valence-corrected chi connectivity index (χ4v) is 2.63. The molecule has 28 heavy (non-hydrogen) atoms. The smallest absolute Gasteiger partial charge is 0.337 e. The quantitative estimate of drug-likeness (QED) is 0.618. The van der Waals surface area contributed by atoms with E-state index in [0.29, 0.717) is 17.2 Å². The first-order valence-corrected chi connectivity index (χ1v) is 9.02. The average Bonchev–Trinajstić information content (AvgIpc) is 2.67. The van der Waals surface area contributed by atoms with Crippen LogP contribution >= 0.6 is 0 Å². The van der Waals surface area contributed by atoms with Crippen molar-refractivity contribution in [2.24, 2.45) is 0 Å². The summed E-state index contributed by atoms with van der Waals surface area (Å²) >= 11 is 0. The van der Waals surface area contributed by atoms with Crippen molar-refractivity contribution >= 4 is 23.3 Å². The van der Waals surface area contributed by atoms with Crippen molar-refractivity contribution in [2.45, 2.75) is 26.3 Å². The van der Waals surface area contributed by atoms with Gasteiger partial charge in [-0.3, -0.25) is 0 Å². The number of esters is 1. The maximum atomic E-state index is 11.6. The zero-order valence-corrected chi connectivity index (χ0v) is 16.5. The van der Waals surface area contributed by atoms with Crippen molar-refractivity contribution in [3.8, 4) is 11.4 Å². The topological polar surface area (TPSA) is 76.1 Å². The van der Waals surface area contributed by atoms with Gasteiger partial charge in [0, 0.05) is 22.9 Å². The molecule has 6 nitrogen and oxygen atoms in total. The molecule has 0 bridgehead atoms. The third-order valence-electron chi connectivity index (χ3n) is 3.84. The van der Waals surface area contributed by atoms with E-state index in [-0.39, 0.29) is 11.5 Å². The van der Waals surface area contributed by atoms with E-state index >= 15 is 0 Å². The number of carbonyl (C=O) groups is 1. The molecule has 0 unspecified atom stereocenters. The number of nitrogens with one attached hydrogen (secondary N) is 2. The lowest BCUT2D eigenvalue weighted by atomic mass is 10.1. The summed E-state index contributed by atoms with van der Waals surface area (Å²) in [7, 11) is 1.37. The van der Waals surface area contributed by atoms with Crippen LogP contribution in [-0.4, -0.2) is 28.6 Å². The second kappa shape index (κ2) is 8.08. The van der Waals surface area contributed by atoms with Crippen LogP contribution in [0.4, 0.5) is 17.3 Å². The Balaban J connectivity index is 1.93. The minimum Gasteiger partial charge on any atom is -0.465 e. The molecule has 0 saturated carbocycles. The molecule has 144 valence electrons. The molecule has 0 atom stereocenters. The van der Waals surface area contributed by atoms with Crippen LogP contribution in [0.25, 0.3) is 11.4 Å². The summed E-state index contributed by atoms with van der Waals surface area (Å²) in [6, 6.07) is 18.7. The first kappa shape index (κ1) is 19.4. The van der Waals surface area contributed by atoms with E-state index < -0.39 is 0 Å². The van der Waals surface area contributed by atoms with Gasteiger partial charge in [-0.15, -0.1) is 0 Å². The third-order valence-corrected chi connectivity index (χ3v) is 3.84. The van der Waals surface area contributed by atoms with Gasteiger partial charge >= 0.3 is 5.97 Å². The molecule has 2 aromatic carbocycles. The summed E-state index contributed by atoms with van der Waals surface area (Å²) in [5, 5.41) is 6.68. The van der Waals surface area contributed by atoms with Crippen LogP contribution in [0.1, 0.15) is 31.1 Å². The highest BCUT2D eigenvalue weighted by Gasteiger charge is 2.14. The standard InChI is InChI=1S/C22H24N4O2/c1-22(2,3)26-19-14-18(24-20(25-19)15-8-6-5-7-9-15)23-17-12-10-16(11-13-17)21(27)28-4/h5-14H,1-4H3,(H2,23,24,25,26). The predicted molar refractivity (Wildman–Crippen MR) is 112 cm³/mol. The minimum atomic E-state index is -0.364. The van der Waals surface area contributed by atoms with Crippen molar-refractivity contribution in [3.63, 3.8) is 0 Å². The summed E-state index contributed by atoms with van der Waals surface area (Å²) in [6.45, 7) is 6.24. The molecular formula is C22H24N4O2. The van der Waals surface area contributed by atoms with E-state index in [1.165, 1.54) is 7.11 Å². The van der Waals surface area contributed by atoms with Gasteiger partial charge < -0.3 is 15.4 Å². The summed E-state index contributed by atoms with van der Waals surface area (Å²) in [5.41, 5.74) is 2.11. The van der Waals surface area contributed by atoms with Crippen molar-refractivity contribution in [2.75, 3.05) is 17.7 Å². The van der Waals surface area contributed by atoms with Gasteiger partial charge in [0.2, 0.25) is 0 Å². The van der Waals surface area contributed by atoms with Crippen LogP contribution in [-0.2, 0) is 4.74 Å². The molecule has 0 aliphatic carbocycles. The monoisotopic (exact) mass is 376 g/mol. The highest BCUT2D eigenvalue weighted by molar-refractivity contribution is 5.89. The van der Waals surface area contributed by atoms with Gasteiger partial charge in [-0.05, 0) is 45.0 Å². The van der Waals surface area contributed by atoms with Gasteiger partial charge in [0.05, 0.1) is 12.7 Å². The fraction of sp³-hybridized carbons (Fsp3) is 0.227. The molecule has 0 spiro atoms. The number of benzene rings is 2. The van der Waals surface area contributed by atoms with Crippen LogP contribution in [0.3, 0.4) is 0 Å². The number of ether oxygens (including phenoxy) is 1. The lowest BCUT2D eigenvalue weighted by Crippen LogP contribution is -2.26. The molecule has 0 radical (unpaired) electrons. The highest BCUT2D eigenvalue weighted by Crippen LogP contribution is 2.24. The van der Waals surface area contributed by atoms with Crippen LogP contribution in [0.5, 0.6) is 0 Å². The molecule has 3 rings (SSSR count). The maximum Gasteiger partial charge on any atom is 0.337 e. The second-order valence-corrected chi connectivity index (χ2v) is 7.40. The fourth-order valence-electron chi connectivity index (χ4n) is 2.63. The minimum absolute atomic E-state index is 0.137. The molecule has 2 N–H and O–H groups in total. The zero-order valence-electron chi connectivity index (χ0n) is 16.5. The third kappa shape index (κ3) is 5.07. The average molecular weight is 376 g/mol. The zero-order chi connectivity index (χ0) is 20.1. The molecule has 0 aliphatic heterocycles. The van der Waals surface area contributed by atoms with Gasteiger partial charge in [-0.1, -0.05) is 30.3 Å². The number of methoxy groups -OCH3 is 1. The first-order chi connectivity index (χ1) is 13.3. The number of anilines is 3. The number of aromatic nitrogens is 2. The Morgan fingerprint density at radius 3 is 2.18 bits per heavy atom. The van der Waals surface area contributed by atoms with Crippen molar-refractivity contribution in [1.29, 1.82) is 0 Å². The Labute approximate surface area is 165 Å². The summed E-state index contributed by atoms with van der Waals surface area (Å²) < 4.78 is 4.73. The molecule has 1 aromatic heterocycles. The van der Waals surface area contributed by atoms with Gasteiger partial charge in [0.25, 0.3) is 0 Å². The van der Waals surface area contributed by atoms with Gasteiger partial charge in [0.1, 0.15) is 11.6 Å². The van der Waals surface area contributed by atoms with Gasteiger partial charge in [0.15, 0.2) is 5.82 Å². The number of nitrogens with zero attached hydrogens (tertiary/aromatic N) is 2. The number of rotatable bonds is 5. The van der Waals surface area contributed by atoms with Gasteiger partial charge in [-0.2, -0.15) is 0 Å². The first-order valence-electron chi connectivity index (χ1n) is 9.02. The van der Waals surface area contributed by atoms with E-state index in [0.717, 1.165) is 17.1 Å². The van der Waals surface area contributed by atoms with Crippen molar-refractivity contribution in [1.82, 2.24) is 9.97 Å². The second-order valence-electron chi connectivity index (χ2n) is 7.40. The largest absolute Gasteiger partial charge is 0.465 e. The van der Waals surface area contributed by atoms with E-state index in [2.05, 4.69) is 41.4 Å². The van der Waals surface area contributed by atoms with E-state index in [1.54, 1.807) is 12.1 Å². The summed E-state index contributed by atoms with van der Waals surface area (Å²) in [6.07, 6.45) is 0. The number of carbonyl (C=O) groups excluding carboxylic acids is 1. The molecule has 0 aliphatic rings. The molecule has 0 fully saturated rings. The van der Waals surface area contributed by atoms with Gasteiger partial charge in [-0.25, -0.2) is 14.8 Å². The Morgan fingerprint density at radius 1 is 0.929 bits per heavy atom. The molecule has 0 saturated heterocycles. The van der Waals surface area contributed by atoms with Crippen molar-refractivity contribution in [3.05, 3.63) is 66.2 Å². The van der Waals surface area contributed by atoms with E-state index in [9.17, 15) is 4.79 Å². The number of hydrogen-bond acceptors (Lipinski definition) is 6. The molecular weight excluding hydrogens is 352 g/mol. The van der Waals surface area contributed by atoms with E-state index in [4.69, 9.17) is 4.74 Å². The van der Waals surface area contributed by atoms with Crippen LogP contribution in [0, 0.1) is 0 Å². The number of hydrogen-bond donors (Lipinski definition) is 2. The lowest BCUT2D eigenvalue weighted by molar-refractivity contribution is 0.0601. The molecule has 0 amide bonds. The Morgan fingerprint density at radius 2 is 1.57 bits per heavy atom. The lowest BCUT2D eigenvalue weighted by Gasteiger charge is -2.22. The SMILES string of the molecule is COC(=O)c1ccc(Nc2cc(NC(C)(C)C)nc(-c3ccccc3)n2)cc1. The Kier molecular flexibility index (Phi) is 5.59. The van der Waals surface area contributed by atoms with Crippen LogP contribution in [0.2, 0.25) is 0 Å². The Bertz CT molecular complexity index is 949. The van der Waals surface area contributed by atoms with Crippen LogP contribution < -0.4 is 10.6 Å². The predicted octanol–water partition coefficient (Wildman–Crippen LogP) is 4.88. The maximum absolute atomic E-state index is 11.6. The normalized spacial score (nSPS) is 11.0. The highest BCUT2D eigenvalue weighted by atomic mass is 16.5. The molecule has 3 aromatic rings. The summed E-state index contributed by atoms with van der Waals surface area (Å²) in [4.78, 5) is 20.9.